The third kappa shape index (κ3) is 2.13. The minimum atomic E-state index is 0.366. The molecule has 4 nitrogen and oxygen atoms in total. The van der Waals surface area contributed by atoms with E-state index in [1.165, 1.54) is 0 Å². The Hall–Kier alpha value is -1.75. The molecule has 0 aliphatic heterocycles. The number of aryl methyl sites for hydroxylation is 3. The zero-order valence-electron chi connectivity index (χ0n) is 10.8. The van der Waals surface area contributed by atoms with Gasteiger partial charge in [0.15, 0.2) is 0 Å². The maximum absolute atomic E-state index is 5.82. The summed E-state index contributed by atoms with van der Waals surface area (Å²) in [5, 5.41) is 0. The summed E-state index contributed by atoms with van der Waals surface area (Å²) < 4.78 is 2.02. The second-order valence-electron chi connectivity index (χ2n) is 4.17. The zero-order valence-corrected chi connectivity index (χ0v) is 11.6. The lowest BCUT2D eigenvalue weighted by atomic mass is 10.1. The summed E-state index contributed by atoms with van der Waals surface area (Å²) in [6, 6.07) is 1.99. The molecular weight excluding hydrogens is 244 g/mol. The van der Waals surface area contributed by atoms with Gasteiger partial charge in [-0.05, 0) is 19.9 Å². The van der Waals surface area contributed by atoms with Crippen LogP contribution in [0.15, 0.2) is 18.5 Å². The lowest BCUT2D eigenvalue weighted by molar-refractivity contribution is 0.882. The summed E-state index contributed by atoms with van der Waals surface area (Å²) in [6.07, 6.45) is 4.56. The molecule has 2 aromatic rings. The Morgan fingerprint density at radius 2 is 2.17 bits per heavy atom. The van der Waals surface area contributed by atoms with Crippen molar-refractivity contribution >= 4 is 17.2 Å². The molecule has 0 spiro atoms. The van der Waals surface area contributed by atoms with Crippen LogP contribution >= 0.6 is 12.2 Å². The molecule has 0 unspecified atom stereocenters. The van der Waals surface area contributed by atoms with Crippen LogP contribution in [0.25, 0.3) is 5.69 Å². The predicted octanol–water partition coefficient (Wildman–Crippen LogP) is 2.08. The lowest BCUT2D eigenvalue weighted by Gasteiger charge is -2.14. The van der Waals surface area contributed by atoms with Gasteiger partial charge in [0.05, 0.1) is 11.3 Å². The Labute approximate surface area is 112 Å². The van der Waals surface area contributed by atoms with E-state index in [1.54, 1.807) is 6.20 Å². The standard InChI is InChI=1S/C13H16N4S/c1-4-11-15-5-6-17(11)10-7-8(2)16-9(3)12(10)13(14)18/h5-7H,4H2,1-3H3,(H2,14,18). The Morgan fingerprint density at radius 3 is 2.78 bits per heavy atom. The van der Waals surface area contributed by atoms with Gasteiger partial charge in [0.2, 0.25) is 0 Å². The molecule has 2 heterocycles. The van der Waals surface area contributed by atoms with E-state index in [0.717, 1.165) is 34.9 Å². The van der Waals surface area contributed by atoms with Crippen molar-refractivity contribution in [2.45, 2.75) is 27.2 Å². The summed E-state index contributed by atoms with van der Waals surface area (Å²) in [6.45, 7) is 5.95. The van der Waals surface area contributed by atoms with Gasteiger partial charge in [0, 0.05) is 30.2 Å². The van der Waals surface area contributed by atoms with Crippen molar-refractivity contribution in [3.8, 4) is 5.69 Å². The number of hydrogen-bond acceptors (Lipinski definition) is 3. The number of nitrogens with zero attached hydrogens (tertiary/aromatic N) is 3. The first kappa shape index (κ1) is 12.7. The molecule has 0 aliphatic carbocycles. The number of aromatic nitrogens is 3. The van der Waals surface area contributed by atoms with Crippen LogP contribution in [0.5, 0.6) is 0 Å². The SMILES string of the molecule is CCc1nccn1-c1cc(C)nc(C)c1C(N)=S. The fourth-order valence-corrected chi connectivity index (χ4v) is 2.37. The van der Waals surface area contributed by atoms with Crippen LogP contribution in [-0.4, -0.2) is 19.5 Å². The van der Waals surface area contributed by atoms with Crippen LogP contribution in [-0.2, 0) is 6.42 Å². The molecule has 0 aliphatic rings. The van der Waals surface area contributed by atoms with Gasteiger partial charge in [-0.2, -0.15) is 0 Å². The van der Waals surface area contributed by atoms with Gasteiger partial charge in [0.1, 0.15) is 10.8 Å². The van der Waals surface area contributed by atoms with Crippen molar-refractivity contribution in [3.63, 3.8) is 0 Å². The molecule has 0 fully saturated rings. The third-order valence-electron chi connectivity index (χ3n) is 2.85. The van der Waals surface area contributed by atoms with Gasteiger partial charge in [0.25, 0.3) is 0 Å². The smallest absolute Gasteiger partial charge is 0.112 e. The molecular formula is C13H16N4S. The minimum absolute atomic E-state index is 0.366. The maximum Gasteiger partial charge on any atom is 0.112 e. The molecule has 2 rings (SSSR count). The van der Waals surface area contributed by atoms with Crippen LogP contribution < -0.4 is 5.73 Å². The fraction of sp³-hybridized carbons (Fsp3) is 0.308. The summed E-state index contributed by atoms with van der Waals surface area (Å²) >= 11 is 5.14. The molecule has 2 N–H and O–H groups in total. The quantitative estimate of drug-likeness (QED) is 0.858. The van der Waals surface area contributed by atoms with E-state index in [2.05, 4.69) is 16.9 Å². The van der Waals surface area contributed by atoms with E-state index in [9.17, 15) is 0 Å². The molecule has 0 atom stereocenters. The van der Waals surface area contributed by atoms with Crippen LogP contribution in [0.1, 0.15) is 29.7 Å². The highest BCUT2D eigenvalue weighted by Crippen LogP contribution is 2.20. The molecule has 5 heteroatoms. The molecule has 94 valence electrons. The highest BCUT2D eigenvalue weighted by Gasteiger charge is 2.14. The number of imidazole rings is 1. The number of thiocarbonyl (C=S) groups is 1. The van der Waals surface area contributed by atoms with Gasteiger partial charge in [-0.3, -0.25) is 4.98 Å². The van der Waals surface area contributed by atoms with E-state index in [0.29, 0.717) is 4.99 Å². The van der Waals surface area contributed by atoms with E-state index in [-0.39, 0.29) is 0 Å². The van der Waals surface area contributed by atoms with Crippen LogP contribution in [0.4, 0.5) is 0 Å². The molecule has 0 amide bonds. The fourth-order valence-electron chi connectivity index (χ4n) is 2.12. The number of hydrogen-bond donors (Lipinski definition) is 1. The Morgan fingerprint density at radius 1 is 1.44 bits per heavy atom. The molecule has 0 saturated carbocycles. The highest BCUT2D eigenvalue weighted by molar-refractivity contribution is 7.80. The monoisotopic (exact) mass is 260 g/mol. The van der Waals surface area contributed by atoms with Crippen molar-refractivity contribution < 1.29 is 0 Å². The van der Waals surface area contributed by atoms with Crippen molar-refractivity contribution in [1.82, 2.24) is 14.5 Å². The van der Waals surface area contributed by atoms with Gasteiger partial charge in [-0.1, -0.05) is 19.1 Å². The van der Waals surface area contributed by atoms with Gasteiger partial charge in [-0.25, -0.2) is 4.98 Å². The lowest BCUT2D eigenvalue weighted by Crippen LogP contribution is -2.17. The van der Waals surface area contributed by atoms with Crippen LogP contribution in [0, 0.1) is 13.8 Å². The zero-order chi connectivity index (χ0) is 13.3. The predicted molar refractivity (Wildman–Crippen MR) is 76.1 cm³/mol. The maximum atomic E-state index is 5.82. The van der Waals surface area contributed by atoms with E-state index in [4.69, 9.17) is 18.0 Å². The van der Waals surface area contributed by atoms with E-state index >= 15 is 0 Å². The Bertz CT molecular complexity index is 601. The molecule has 0 bridgehead atoms. The molecule has 2 aromatic heterocycles. The Balaban J connectivity index is 2.73. The summed E-state index contributed by atoms with van der Waals surface area (Å²) in [5.41, 5.74) is 9.40. The Kier molecular flexibility index (Phi) is 3.43. The average molecular weight is 260 g/mol. The first-order chi connectivity index (χ1) is 8.54. The summed E-state index contributed by atoms with van der Waals surface area (Å²) in [7, 11) is 0. The second kappa shape index (κ2) is 4.86. The minimum Gasteiger partial charge on any atom is -0.389 e. The van der Waals surface area contributed by atoms with E-state index < -0.39 is 0 Å². The average Bonchev–Trinajstić information content (AvgIpc) is 2.74. The van der Waals surface area contributed by atoms with Gasteiger partial charge < -0.3 is 10.3 Å². The first-order valence-electron chi connectivity index (χ1n) is 5.85. The number of rotatable bonds is 3. The topological polar surface area (TPSA) is 56.7 Å². The second-order valence-corrected chi connectivity index (χ2v) is 4.61. The highest BCUT2D eigenvalue weighted by atomic mass is 32.1. The van der Waals surface area contributed by atoms with Crippen molar-refractivity contribution in [2.24, 2.45) is 5.73 Å². The van der Waals surface area contributed by atoms with E-state index in [1.807, 2.05) is 30.7 Å². The van der Waals surface area contributed by atoms with Gasteiger partial charge >= 0.3 is 0 Å². The van der Waals surface area contributed by atoms with Crippen LogP contribution in [0.2, 0.25) is 0 Å². The van der Waals surface area contributed by atoms with Crippen molar-refractivity contribution in [3.05, 3.63) is 41.2 Å². The molecule has 0 aromatic carbocycles. The largest absolute Gasteiger partial charge is 0.389 e. The molecule has 0 radical (unpaired) electrons. The summed E-state index contributed by atoms with van der Waals surface area (Å²) in [5.74, 6) is 0.984. The van der Waals surface area contributed by atoms with Crippen LogP contribution in [0.3, 0.4) is 0 Å². The summed E-state index contributed by atoms with van der Waals surface area (Å²) in [4.78, 5) is 9.12. The third-order valence-corrected chi connectivity index (χ3v) is 3.05. The molecule has 0 saturated heterocycles. The first-order valence-corrected chi connectivity index (χ1v) is 6.26. The number of nitrogens with two attached hydrogens (primary N) is 1. The van der Waals surface area contributed by atoms with Gasteiger partial charge in [-0.15, -0.1) is 0 Å². The van der Waals surface area contributed by atoms with Crippen molar-refractivity contribution in [2.75, 3.05) is 0 Å². The number of pyridine rings is 1. The normalized spacial score (nSPS) is 10.6. The molecule has 18 heavy (non-hydrogen) atoms. The van der Waals surface area contributed by atoms with Crippen molar-refractivity contribution in [1.29, 1.82) is 0 Å².